The highest BCUT2D eigenvalue weighted by Crippen LogP contribution is 2.38. The number of rotatable bonds is 3. The van der Waals surface area contributed by atoms with Gasteiger partial charge in [-0.05, 0) is 50.3 Å². The van der Waals surface area contributed by atoms with Crippen molar-refractivity contribution in [1.29, 1.82) is 0 Å². The molecule has 2 atom stereocenters. The molecular weight excluding hydrogens is 222 g/mol. The summed E-state index contributed by atoms with van der Waals surface area (Å²) >= 11 is 0. The number of nitrogens with two attached hydrogens (primary N) is 1. The molecule has 1 aliphatic rings. The van der Waals surface area contributed by atoms with Crippen molar-refractivity contribution in [2.45, 2.75) is 58.1 Å². The average molecular weight is 247 g/mol. The lowest BCUT2D eigenvalue weighted by atomic mass is 9.73. The van der Waals surface area contributed by atoms with Crippen molar-refractivity contribution in [3.63, 3.8) is 0 Å². The fourth-order valence-electron chi connectivity index (χ4n) is 3.01. The first-order chi connectivity index (χ1) is 8.49. The Labute approximate surface area is 111 Å². The lowest BCUT2D eigenvalue weighted by molar-refractivity contribution is 0.230. The number of hydrogen-bond acceptors (Lipinski definition) is 2. The smallest absolute Gasteiger partial charge is 0.120 e. The fraction of sp³-hybridized carbons (Fsp3) is 0.625. The van der Waals surface area contributed by atoms with E-state index in [0.717, 1.165) is 24.5 Å². The summed E-state index contributed by atoms with van der Waals surface area (Å²) in [5, 5.41) is 0. The predicted octanol–water partition coefficient (Wildman–Crippen LogP) is 3.84. The quantitative estimate of drug-likeness (QED) is 0.880. The second-order valence-corrected chi connectivity index (χ2v) is 6.05. The van der Waals surface area contributed by atoms with Crippen molar-refractivity contribution >= 4 is 0 Å². The van der Waals surface area contributed by atoms with Crippen LogP contribution in [0.25, 0.3) is 0 Å². The molecule has 18 heavy (non-hydrogen) atoms. The van der Waals surface area contributed by atoms with Gasteiger partial charge in [0.2, 0.25) is 0 Å². The van der Waals surface area contributed by atoms with Crippen LogP contribution in [0.15, 0.2) is 24.3 Å². The van der Waals surface area contributed by atoms with E-state index in [9.17, 15) is 0 Å². The summed E-state index contributed by atoms with van der Waals surface area (Å²) in [7, 11) is 0. The first kappa shape index (κ1) is 13.4. The molecule has 0 radical (unpaired) electrons. The van der Waals surface area contributed by atoms with Crippen molar-refractivity contribution in [2.75, 3.05) is 0 Å². The van der Waals surface area contributed by atoms with Gasteiger partial charge in [-0.2, -0.15) is 0 Å². The summed E-state index contributed by atoms with van der Waals surface area (Å²) in [6, 6.07) is 8.34. The third-order valence-corrected chi connectivity index (χ3v) is 3.81. The molecule has 2 rings (SSSR count). The van der Waals surface area contributed by atoms with Crippen LogP contribution in [0.1, 0.15) is 52.0 Å². The number of ether oxygens (including phenoxy) is 1. The third-order valence-electron chi connectivity index (χ3n) is 3.81. The fourth-order valence-corrected chi connectivity index (χ4v) is 3.01. The van der Waals surface area contributed by atoms with Crippen LogP contribution < -0.4 is 10.5 Å². The van der Waals surface area contributed by atoms with Gasteiger partial charge in [-0.25, -0.2) is 0 Å². The summed E-state index contributed by atoms with van der Waals surface area (Å²) in [5.41, 5.74) is 7.69. The minimum Gasteiger partial charge on any atom is -0.491 e. The van der Waals surface area contributed by atoms with Crippen LogP contribution in [0.2, 0.25) is 0 Å². The van der Waals surface area contributed by atoms with Crippen LogP contribution >= 0.6 is 0 Å². The minimum absolute atomic E-state index is 0.159. The van der Waals surface area contributed by atoms with Crippen molar-refractivity contribution in [2.24, 2.45) is 11.7 Å². The Hall–Kier alpha value is -1.02. The van der Waals surface area contributed by atoms with Gasteiger partial charge in [0.15, 0.2) is 0 Å². The standard InChI is InChI=1S/C16H25NO/c1-12(2)18-15-8-4-7-14(10-15)16(17)9-5-6-13(3)11-16/h4,7-8,10,12-13H,5-6,9,11,17H2,1-3H3. The first-order valence-electron chi connectivity index (χ1n) is 7.06. The molecule has 0 spiro atoms. The molecule has 0 aromatic heterocycles. The molecule has 2 heteroatoms. The second kappa shape index (κ2) is 5.31. The van der Waals surface area contributed by atoms with E-state index in [2.05, 4.69) is 25.1 Å². The molecule has 0 heterocycles. The molecule has 0 amide bonds. The van der Waals surface area contributed by atoms with Crippen LogP contribution in [0.5, 0.6) is 5.75 Å². The van der Waals surface area contributed by atoms with Crippen LogP contribution in [-0.2, 0) is 5.54 Å². The summed E-state index contributed by atoms with van der Waals surface area (Å²) in [6.45, 7) is 6.40. The van der Waals surface area contributed by atoms with Gasteiger partial charge in [0, 0.05) is 5.54 Å². The van der Waals surface area contributed by atoms with E-state index in [-0.39, 0.29) is 11.6 Å². The van der Waals surface area contributed by atoms with E-state index in [4.69, 9.17) is 10.5 Å². The molecule has 1 aliphatic carbocycles. The summed E-state index contributed by atoms with van der Waals surface area (Å²) < 4.78 is 5.76. The Morgan fingerprint density at radius 3 is 2.83 bits per heavy atom. The molecule has 0 bridgehead atoms. The Kier molecular flexibility index (Phi) is 3.96. The van der Waals surface area contributed by atoms with E-state index < -0.39 is 0 Å². The molecule has 1 saturated carbocycles. The molecule has 2 nitrogen and oxygen atoms in total. The van der Waals surface area contributed by atoms with E-state index >= 15 is 0 Å². The van der Waals surface area contributed by atoms with Gasteiger partial charge in [0.05, 0.1) is 6.10 Å². The molecule has 0 saturated heterocycles. The van der Waals surface area contributed by atoms with Crippen molar-refractivity contribution in [3.05, 3.63) is 29.8 Å². The van der Waals surface area contributed by atoms with Gasteiger partial charge in [-0.3, -0.25) is 0 Å². The molecule has 1 aromatic carbocycles. The summed E-state index contributed by atoms with van der Waals surface area (Å²) in [4.78, 5) is 0. The Bertz CT molecular complexity index is 402. The Balaban J connectivity index is 2.21. The van der Waals surface area contributed by atoms with Crippen molar-refractivity contribution in [1.82, 2.24) is 0 Å². The summed E-state index contributed by atoms with van der Waals surface area (Å²) in [5.74, 6) is 1.66. The van der Waals surface area contributed by atoms with Crippen LogP contribution in [0.4, 0.5) is 0 Å². The molecule has 1 aromatic rings. The SMILES string of the molecule is CC1CCCC(N)(c2cccc(OC(C)C)c2)C1. The maximum Gasteiger partial charge on any atom is 0.120 e. The molecule has 2 N–H and O–H groups in total. The van der Waals surface area contributed by atoms with E-state index in [1.54, 1.807) is 0 Å². The first-order valence-corrected chi connectivity index (χ1v) is 7.06. The van der Waals surface area contributed by atoms with E-state index in [1.165, 1.54) is 18.4 Å². The third kappa shape index (κ3) is 3.05. The monoisotopic (exact) mass is 247 g/mol. The normalized spacial score (nSPS) is 28.4. The van der Waals surface area contributed by atoms with Gasteiger partial charge < -0.3 is 10.5 Å². The maximum atomic E-state index is 6.61. The lowest BCUT2D eigenvalue weighted by Gasteiger charge is -2.37. The van der Waals surface area contributed by atoms with Crippen LogP contribution in [0, 0.1) is 5.92 Å². The molecular formula is C16H25NO. The minimum atomic E-state index is -0.159. The number of benzene rings is 1. The maximum absolute atomic E-state index is 6.61. The van der Waals surface area contributed by atoms with Crippen LogP contribution in [0.3, 0.4) is 0 Å². The van der Waals surface area contributed by atoms with E-state index in [1.807, 2.05) is 19.9 Å². The zero-order valence-corrected chi connectivity index (χ0v) is 11.8. The van der Waals surface area contributed by atoms with Gasteiger partial charge >= 0.3 is 0 Å². The lowest BCUT2D eigenvalue weighted by Crippen LogP contribution is -2.40. The highest BCUT2D eigenvalue weighted by Gasteiger charge is 2.32. The van der Waals surface area contributed by atoms with Crippen molar-refractivity contribution < 1.29 is 4.74 Å². The van der Waals surface area contributed by atoms with Gasteiger partial charge in [-0.1, -0.05) is 31.9 Å². The number of hydrogen-bond donors (Lipinski definition) is 1. The average Bonchev–Trinajstić information content (AvgIpc) is 2.28. The van der Waals surface area contributed by atoms with Crippen molar-refractivity contribution in [3.8, 4) is 5.75 Å². The molecule has 100 valence electrons. The zero-order valence-electron chi connectivity index (χ0n) is 11.8. The second-order valence-electron chi connectivity index (χ2n) is 6.05. The highest BCUT2D eigenvalue weighted by molar-refractivity contribution is 5.33. The predicted molar refractivity (Wildman–Crippen MR) is 75.7 cm³/mol. The molecule has 1 fully saturated rings. The molecule has 0 aliphatic heterocycles. The van der Waals surface area contributed by atoms with Gasteiger partial charge in [0.25, 0.3) is 0 Å². The highest BCUT2D eigenvalue weighted by atomic mass is 16.5. The largest absolute Gasteiger partial charge is 0.491 e. The Morgan fingerprint density at radius 2 is 2.17 bits per heavy atom. The topological polar surface area (TPSA) is 35.2 Å². The summed E-state index contributed by atoms with van der Waals surface area (Å²) in [6.07, 6.45) is 4.91. The van der Waals surface area contributed by atoms with Gasteiger partial charge in [0.1, 0.15) is 5.75 Å². The van der Waals surface area contributed by atoms with Crippen LogP contribution in [-0.4, -0.2) is 6.10 Å². The van der Waals surface area contributed by atoms with E-state index in [0.29, 0.717) is 0 Å². The Morgan fingerprint density at radius 1 is 1.39 bits per heavy atom. The molecule has 2 unspecified atom stereocenters. The van der Waals surface area contributed by atoms with Gasteiger partial charge in [-0.15, -0.1) is 0 Å². The zero-order chi connectivity index (χ0) is 13.2.